The third kappa shape index (κ3) is 3.58. The molecule has 0 amide bonds. The molecule has 0 radical (unpaired) electrons. The van der Waals surface area contributed by atoms with Gasteiger partial charge in [0.1, 0.15) is 0 Å². The first kappa shape index (κ1) is 19.5. The Kier molecular flexibility index (Phi) is 6.11. The zero-order valence-electron chi connectivity index (χ0n) is 14.8. The summed E-state index contributed by atoms with van der Waals surface area (Å²) in [7, 11) is 0. The summed E-state index contributed by atoms with van der Waals surface area (Å²) < 4.78 is 0. The Balaban J connectivity index is 0.00000196. The molecule has 0 aliphatic heterocycles. The molecule has 0 aromatic heterocycles. The molecule has 0 saturated carbocycles. The van der Waals surface area contributed by atoms with E-state index in [4.69, 9.17) is 10.2 Å². The van der Waals surface area contributed by atoms with Gasteiger partial charge in [0, 0.05) is 71.0 Å². The van der Waals surface area contributed by atoms with Crippen molar-refractivity contribution in [1.82, 2.24) is 0 Å². The summed E-state index contributed by atoms with van der Waals surface area (Å²) in [5.74, 6) is 0.452. The van der Waals surface area contributed by atoms with Crippen LogP contribution in [0.3, 0.4) is 0 Å². The maximum atomic E-state index is 9.11. The molecule has 4 rings (SSSR count). The van der Waals surface area contributed by atoms with Crippen LogP contribution in [0, 0.1) is 59.3 Å². The first-order chi connectivity index (χ1) is 12.2. The minimum absolute atomic E-state index is 0. The first-order valence-corrected chi connectivity index (χ1v) is 8.68. The number of rotatable bonds is 2. The van der Waals surface area contributed by atoms with Crippen LogP contribution in [0.5, 0.6) is 0 Å². The largest absolute Gasteiger partial charge is 0.411 e. The van der Waals surface area contributed by atoms with Crippen molar-refractivity contribution >= 4 is 22.7 Å². The predicted octanol–water partition coefficient (Wildman–Crippen LogP) is 5.41. The fourth-order valence-corrected chi connectivity index (χ4v) is 3.88. The number of fused-ring (bicyclic) bond motifs is 2. The number of hydrogen-bond donors (Lipinski definition) is 1. The van der Waals surface area contributed by atoms with E-state index in [9.17, 15) is 0 Å². The van der Waals surface area contributed by atoms with Crippen LogP contribution in [0.1, 0.15) is 43.4 Å². The first-order valence-electron chi connectivity index (χ1n) is 8.68. The summed E-state index contributed by atoms with van der Waals surface area (Å²) in [6.45, 7) is 4.06. The third-order valence-corrected chi connectivity index (χ3v) is 5.15. The summed E-state index contributed by atoms with van der Waals surface area (Å²) in [5.41, 5.74) is 9.13. The number of benzene rings is 2. The normalized spacial score (nSPS) is 20.3. The van der Waals surface area contributed by atoms with Gasteiger partial charge in [-0.3, -0.25) is 4.99 Å². The van der Waals surface area contributed by atoms with Crippen molar-refractivity contribution in [3.8, 4) is 0 Å². The van der Waals surface area contributed by atoms with Gasteiger partial charge in [-0.25, -0.2) is 0 Å². The Labute approximate surface area is 193 Å². The van der Waals surface area contributed by atoms with Gasteiger partial charge in [0.25, 0.3) is 0 Å². The standard InChI is InChI=1S/C22H21N2O.Yb/c1-14-11-16-7-3-4-9-19(16)21-13-17(12-20(14)21)23-22-10-6-5-8-18(22)15(2)24-25;/h3-11,14,25H,12-13H2,1-2H3;/q-1;/b23-17?,24-15-;. The van der Waals surface area contributed by atoms with Crippen LogP contribution in [0.25, 0.3) is 5.57 Å². The van der Waals surface area contributed by atoms with Crippen molar-refractivity contribution in [1.29, 1.82) is 0 Å². The molecule has 3 nitrogen and oxygen atoms in total. The average Bonchev–Trinajstić information content (AvgIpc) is 3.06. The molecule has 140 valence electrons. The SMILES string of the molecule is C/C(=N/O)c1ccccc1N=C1CC2=C(C1)C(C)[CH-]c1ccccc12.[Yb]. The molecule has 0 fully saturated rings. The fraction of sp³-hybridized carbons (Fsp3) is 0.227. The number of para-hydroxylation sites is 1. The number of hydrogen-bond acceptors (Lipinski definition) is 3. The van der Waals surface area contributed by atoms with E-state index in [-0.39, 0.29) is 46.9 Å². The third-order valence-electron chi connectivity index (χ3n) is 5.15. The van der Waals surface area contributed by atoms with Crippen LogP contribution in [0.4, 0.5) is 5.69 Å². The Morgan fingerprint density at radius 3 is 2.62 bits per heavy atom. The van der Waals surface area contributed by atoms with E-state index >= 15 is 0 Å². The predicted molar refractivity (Wildman–Crippen MR) is 103 cm³/mol. The van der Waals surface area contributed by atoms with E-state index in [1.54, 1.807) is 6.92 Å². The smallest absolute Gasteiger partial charge is 0.0858 e. The Hall–Kier alpha value is -1.29. The van der Waals surface area contributed by atoms with Crippen molar-refractivity contribution in [3.63, 3.8) is 0 Å². The maximum absolute atomic E-state index is 9.11. The summed E-state index contributed by atoms with van der Waals surface area (Å²) in [6.07, 6.45) is 4.17. The van der Waals surface area contributed by atoms with Crippen molar-refractivity contribution in [2.75, 3.05) is 0 Å². The minimum Gasteiger partial charge on any atom is -0.411 e. The molecular formula is C22H21N2OYb-. The number of allylic oxidation sites excluding steroid dienone is 2. The molecule has 1 atom stereocenters. The number of oxime groups is 1. The van der Waals surface area contributed by atoms with E-state index in [1.165, 1.54) is 28.0 Å². The van der Waals surface area contributed by atoms with Crippen molar-refractivity contribution in [3.05, 3.63) is 77.2 Å². The maximum Gasteiger partial charge on any atom is 0.0858 e. The Bertz CT molecular complexity index is 927. The summed E-state index contributed by atoms with van der Waals surface area (Å²) in [5, 5.41) is 12.5. The van der Waals surface area contributed by atoms with Gasteiger partial charge < -0.3 is 5.21 Å². The molecule has 1 unspecified atom stereocenters. The average molecular weight is 502 g/mol. The molecule has 2 aliphatic carbocycles. The second-order valence-corrected chi connectivity index (χ2v) is 6.78. The van der Waals surface area contributed by atoms with Crippen LogP contribution < -0.4 is 0 Å². The van der Waals surface area contributed by atoms with Crippen molar-refractivity contribution in [2.45, 2.75) is 26.7 Å². The van der Waals surface area contributed by atoms with Crippen LogP contribution in [-0.4, -0.2) is 16.6 Å². The molecule has 2 aliphatic rings. The summed E-state index contributed by atoms with van der Waals surface area (Å²) >= 11 is 0. The molecule has 0 spiro atoms. The van der Waals surface area contributed by atoms with Crippen LogP contribution >= 0.6 is 0 Å². The van der Waals surface area contributed by atoms with Gasteiger partial charge in [-0.2, -0.15) is 18.1 Å². The molecule has 1 N–H and O–H groups in total. The Morgan fingerprint density at radius 1 is 1.08 bits per heavy atom. The number of aliphatic imine (C=N–C) groups is 1. The van der Waals surface area contributed by atoms with E-state index < -0.39 is 0 Å². The molecule has 2 aromatic rings. The summed E-state index contributed by atoms with van der Waals surface area (Å²) in [6, 6.07) is 16.5. The van der Waals surface area contributed by atoms with Crippen LogP contribution in [0.15, 0.2) is 64.3 Å². The molecule has 4 heteroatoms. The second-order valence-electron chi connectivity index (χ2n) is 6.78. The molecule has 26 heavy (non-hydrogen) atoms. The minimum atomic E-state index is 0. The second kappa shape index (κ2) is 8.16. The van der Waals surface area contributed by atoms with Gasteiger partial charge in [-0.1, -0.05) is 47.5 Å². The van der Waals surface area contributed by atoms with Gasteiger partial charge in [0.05, 0.1) is 11.4 Å². The molecular weight excluding hydrogens is 481 g/mol. The van der Waals surface area contributed by atoms with Gasteiger partial charge in [-0.05, 0) is 18.9 Å². The topological polar surface area (TPSA) is 45.0 Å². The molecule has 0 bridgehead atoms. The molecule has 0 heterocycles. The van der Waals surface area contributed by atoms with E-state index in [1.807, 2.05) is 24.3 Å². The zero-order chi connectivity index (χ0) is 17.4. The summed E-state index contributed by atoms with van der Waals surface area (Å²) in [4.78, 5) is 4.93. The van der Waals surface area contributed by atoms with E-state index in [0.717, 1.165) is 24.1 Å². The monoisotopic (exact) mass is 503 g/mol. The van der Waals surface area contributed by atoms with E-state index in [2.05, 4.69) is 42.8 Å². The van der Waals surface area contributed by atoms with Crippen molar-refractivity contribution < 1.29 is 52.1 Å². The van der Waals surface area contributed by atoms with E-state index in [0.29, 0.717) is 11.6 Å². The Morgan fingerprint density at radius 2 is 1.81 bits per heavy atom. The zero-order valence-corrected chi connectivity index (χ0v) is 16.5. The van der Waals surface area contributed by atoms with Gasteiger partial charge in [0.2, 0.25) is 0 Å². The molecule has 2 aromatic carbocycles. The fourth-order valence-electron chi connectivity index (χ4n) is 3.88. The van der Waals surface area contributed by atoms with Crippen LogP contribution in [0.2, 0.25) is 0 Å². The van der Waals surface area contributed by atoms with Gasteiger partial charge >= 0.3 is 0 Å². The van der Waals surface area contributed by atoms with Crippen molar-refractivity contribution in [2.24, 2.45) is 16.1 Å². The molecule has 0 saturated heterocycles. The van der Waals surface area contributed by atoms with Gasteiger partial charge in [0.15, 0.2) is 0 Å². The number of nitrogens with zero attached hydrogens (tertiary/aromatic N) is 2. The van der Waals surface area contributed by atoms with Crippen LogP contribution in [-0.2, 0) is 0 Å². The quantitative estimate of drug-likeness (QED) is 0.254. The van der Waals surface area contributed by atoms with Gasteiger partial charge in [-0.15, -0.1) is 17.7 Å².